The molecule has 2 unspecified atom stereocenters. The van der Waals surface area contributed by atoms with E-state index in [0.717, 1.165) is 18.5 Å². The van der Waals surface area contributed by atoms with Gasteiger partial charge in [-0.25, -0.2) is 0 Å². The molecule has 0 bridgehead atoms. The molecule has 2 atom stereocenters. The Kier molecular flexibility index (Phi) is 2.89. The van der Waals surface area contributed by atoms with Gasteiger partial charge in [0.05, 0.1) is 0 Å². The van der Waals surface area contributed by atoms with Gasteiger partial charge in [-0.15, -0.1) is 0 Å². The lowest BCUT2D eigenvalue weighted by Crippen LogP contribution is -2.25. The van der Waals surface area contributed by atoms with E-state index in [1.807, 2.05) is 0 Å². The van der Waals surface area contributed by atoms with Crippen LogP contribution in [0, 0.1) is 5.92 Å². The zero-order chi connectivity index (χ0) is 11.7. The fourth-order valence-corrected chi connectivity index (χ4v) is 2.92. The fourth-order valence-electron chi connectivity index (χ4n) is 2.92. The average Bonchev–Trinajstić information content (AvgIpc) is 2.93. The number of H-pyrrole nitrogens is 1. The molecule has 1 aliphatic carbocycles. The van der Waals surface area contributed by atoms with Gasteiger partial charge >= 0.3 is 0 Å². The SMILES string of the molecule is CC1CCC(NCc2c[nH]c3ccccc23)C1. The molecule has 1 aliphatic rings. The lowest BCUT2D eigenvalue weighted by atomic mass is 10.1. The van der Waals surface area contributed by atoms with Crippen LogP contribution in [0.2, 0.25) is 0 Å². The molecule has 2 nitrogen and oxygen atoms in total. The van der Waals surface area contributed by atoms with Crippen molar-refractivity contribution in [3.05, 3.63) is 36.0 Å². The second-order valence-electron chi connectivity index (χ2n) is 5.36. The molecule has 0 amide bonds. The van der Waals surface area contributed by atoms with Crippen molar-refractivity contribution in [1.29, 1.82) is 0 Å². The number of para-hydroxylation sites is 1. The van der Waals surface area contributed by atoms with E-state index in [0.29, 0.717) is 0 Å². The minimum absolute atomic E-state index is 0.721. The van der Waals surface area contributed by atoms with Crippen LogP contribution in [0.4, 0.5) is 0 Å². The molecule has 1 saturated carbocycles. The first-order valence-electron chi connectivity index (χ1n) is 6.61. The first-order valence-corrected chi connectivity index (χ1v) is 6.61. The molecule has 3 rings (SSSR count). The van der Waals surface area contributed by atoms with Crippen molar-refractivity contribution in [2.24, 2.45) is 5.92 Å². The summed E-state index contributed by atoms with van der Waals surface area (Å²) in [6.45, 7) is 3.34. The van der Waals surface area contributed by atoms with Crippen molar-refractivity contribution >= 4 is 10.9 Å². The summed E-state index contributed by atoms with van der Waals surface area (Å²) in [5, 5.41) is 5.04. The Balaban J connectivity index is 1.69. The molecular weight excluding hydrogens is 208 g/mol. The third-order valence-electron chi connectivity index (χ3n) is 3.95. The molecule has 90 valence electrons. The van der Waals surface area contributed by atoms with Crippen LogP contribution in [-0.4, -0.2) is 11.0 Å². The zero-order valence-corrected chi connectivity index (χ0v) is 10.4. The Labute approximate surface area is 102 Å². The predicted molar refractivity (Wildman–Crippen MR) is 71.9 cm³/mol. The number of aromatic nitrogens is 1. The van der Waals surface area contributed by atoms with Gasteiger partial charge in [-0.2, -0.15) is 0 Å². The highest BCUT2D eigenvalue weighted by atomic mass is 14.9. The van der Waals surface area contributed by atoms with Crippen LogP contribution in [0.5, 0.6) is 0 Å². The van der Waals surface area contributed by atoms with E-state index >= 15 is 0 Å². The van der Waals surface area contributed by atoms with E-state index in [9.17, 15) is 0 Å². The van der Waals surface area contributed by atoms with E-state index < -0.39 is 0 Å². The molecule has 2 N–H and O–H groups in total. The number of aromatic amines is 1. The first-order chi connectivity index (χ1) is 8.33. The summed E-state index contributed by atoms with van der Waals surface area (Å²) in [6.07, 6.45) is 6.19. The van der Waals surface area contributed by atoms with Gasteiger partial charge in [0.15, 0.2) is 0 Å². The fraction of sp³-hybridized carbons (Fsp3) is 0.467. The molecule has 1 aromatic heterocycles. The van der Waals surface area contributed by atoms with Crippen LogP contribution in [0.3, 0.4) is 0 Å². The monoisotopic (exact) mass is 228 g/mol. The normalized spacial score (nSPS) is 24.5. The standard InChI is InChI=1S/C15H20N2/c1-11-6-7-13(8-11)16-9-12-10-17-15-5-3-2-4-14(12)15/h2-5,10-11,13,16-17H,6-9H2,1H3. The van der Waals surface area contributed by atoms with Crippen LogP contribution in [0.25, 0.3) is 10.9 Å². The molecule has 0 spiro atoms. The molecule has 0 aliphatic heterocycles. The zero-order valence-electron chi connectivity index (χ0n) is 10.4. The van der Waals surface area contributed by atoms with E-state index in [4.69, 9.17) is 0 Å². The molecule has 1 aromatic carbocycles. The van der Waals surface area contributed by atoms with E-state index in [2.05, 4.69) is 47.7 Å². The van der Waals surface area contributed by atoms with Gasteiger partial charge in [0, 0.05) is 29.7 Å². The lowest BCUT2D eigenvalue weighted by molar-refractivity contribution is 0.503. The van der Waals surface area contributed by atoms with Crippen molar-refractivity contribution in [2.75, 3.05) is 0 Å². The van der Waals surface area contributed by atoms with E-state index in [1.165, 1.54) is 35.7 Å². The van der Waals surface area contributed by atoms with Gasteiger partial charge < -0.3 is 10.3 Å². The van der Waals surface area contributed by atoms with Crippen molar-refractivity contribution in [3.63, 3.8) is 0 Å². The smallest absolute Gasteiger partial charge is 0.0457 e. The highest BCUT2D eigenvalue weighted by Crippen LogP contribution is 2.25. The number of hydrogen-bond donors (Lipinski definition) is 2. The van der Waals surface area contributed by atoms with Crippen molar-refractivity contribution in [1.82, 2.24) is 10.3 Å². The van der Waals surface area contributed by atoms with Crippen LogP contribution < -0.4 is 5.32 Å². The second kappa shape index (κ2) is 4.53. The molecule has 1 heterocycles. The minimum atomic E-state index is 0.721. The molecular formula is C15H20N2. The van der Waals surface area contributed by atoms with Crippen molar-refractivity contribution in [2.45, 2.75) is 38.8 Å². The summed E-state index contributed by atoms with van der Waals surface area (Å²) >= 11 is 0. The van der Waals surface area contributed by atoms with Crippen molar-refractivity contribution in [3.8, 4) is 0 Å². The molecule has 2 heteroatoms. The Bertz CT molecular complexity index is 500. The lowest BCUT2D eigenvalue weighted by Gasteiger charge is -2.11. The first kappa shape index (κ1) is 10.8. The number of fused-ring (bicyclic) bond motifs is 1. The second-order valence-corrected chi connectivity index (χ2v) is 5.36. The maximum atomic E-state index is 3.69. The van der Waals surface area contributed by atoms with Gasteiger partial charge in [0.25, 0.3) is 0 Å². The molecule has 0 radical (unpaired) electrons. The summed E-state index contributed by atoms with van der Waals surface area (Å²) in [5.74, 6) is 0.899. The molecule has 0 saturated heterocycles. The van der Waals surface area contributed by atoms with Crippen LogP contribution in [0.1, 0.15) is 31.7 Å². The van der Waals surface area contributed by atoms with Crippen LogP contribution >= 0.6 is 0 Å². The van der Waals surface area contributed by atoms with Gasteiger partial charge in [0.1, 0.15) is 0 Å². The maximum Gasteiger partial charge on any atom is 0.0457 e. The topological polar surface area (TPSA) is 27.8 Å². The summed E-state index contributed by atoms with van der Waals surface area (Å²) in [4.78, 5) is 3.33. The number of hydrogen-bond acceptors (Lipinski definition) is 1. The maximum absolute atomic E-state index is 3.69. The van der Waals surface area contributed by atoms with Crippen LogP contribution in [-0.2, 0) is 6.54 Å². The number of rotatable bonds is 3. The van der Waals surface area contributed by atoms with E-state index in [1.54, 1.807) is 0 Å². The largest absolute Gasteiger partial charge is 0.361 e. The summed E-state index contributed by atoms with van der Waals surface area (Å²) in [7, 11) is 0. The molecule has 17 heavy (non-hydrogen) atoms. The quantitative estimate of drug-likeness (QED) is 0.827. The van der Waals surface area contributed by atoms with Gasteiger partial charge in [-0.1, -0.05) is 25.1 Å². The van der Waals surface area contributed by atoms with Gasteiger partial charge in [0.2, 0.25) is 0 Å². The Morgan fingerprint density at radius 1 is 1.29 bits per heavy atom. The third kappa shape index (κ3) is 2.22. The Hall–Kier alpha value is -1.28. The number of benzene rings is 1. The number of nitrogens with one attached hydrogen (secondary N) is 2. The summed E-state index contributed by atoms with van der Waals surface area (Å²) in [6, 6.07) is 9.24. The Morgan fingerprint density at radius 3 is 3.00 bits per heavy atom. The highest BCUT2D eigenvalue weighted by molar-refractivity contribution is 5.82. The van der Waals surface area contributed by atoms with E-state index in [-0.39, 0.29) is 0 Å². The minimum Gasteiger partial charge on any atom is -0.361 e. The predicted octanol–water partition coefficient (Wildman–Crippen LogP) is 3.45. The van der Waals surface area contributed by atoms with Crippen LogP contribution in [0.15, 0.2) is 30.5 Å². The summed E-state index contributed by atoms with van der Waals surface area (Å²) in [5.41, 5.74) is 2.63. The average molecular weight is 228 g/mol. The summed E-state index contributed by atoms with van der Waals surface area (Å²) < 4.78 is 0. The van der Waals surface area contributed by atoms with Crippen molar-refractivity contribution < 1.29 is 0 Å². The molecule has 1 fully saturated rings. The van der Waals surface area contributed by atoms with Gasteiger partial charge in [-0.05, 0) is 36.8 Å². The highest BCUT2D eigenvalue weighted by Gasteiger charge is 2.20. The van der Waals surface area contributed by atoms with Gasteiger partial charge in [-0.3, -0.25) is 0 Å². The molecule has 2 aromatic rings. The Morgan fingerprint density at radius 2 is 2.18 bits per heavy atom. The third-order valence-corrected chi connectivity index (χ3v) is 3.95.